The maximum Gasteiger partial charge on any atom is 0.225 e. The van der Waals surface area contributed by atoms with Crippen molar-refractivity contribution >= 4 is 39.8 Å². The summed E-state index contributed by atoms with van der Waals surface area (Å²) in [4.78, 5) is 11.6. The Labute approximate surface area is 121 Å². The van der Waals surface area contributed by atoms with Crippen molar-refractivity contribution in [2.75, 3.05) is 16.8 Å². The quantitative estimate of drug-likeness (QED) is 0.829. The number of nitrogens with zero attached hydrogens (tertiary/aromatic N) is 2. The number of amides is 1. The zero-order chi connectivity index (χ0) is 14.5. The van der Waals surface area contributed by atoms with E-state index >= 15 is 0 Å². The highest BCUT2D eigenvalue weighted by molar-refractivity contribution is 8.01. The number of hydrogen-bond acceptors (Lipinski definition) is 6. The molecule has 20 heavy (non-hydrogen) atoms. The van der Waals surface area contributed by atoms with Crippen molar-refractivity contribution in [1.82, 2.24) is 10.2 Å². The molecule has 2 aromatic rings. The second-order valence-electron chi connectivity index (χ2n) is 3.68. The van der Waals surface area contributed by atoms with E-state index in [1.54, 1.807) is 0 Å². The van der Waals surface area contributed by atoms with E-state index in [2.05, 4.69) is 15.5 Å². The number of anilines is 2. The topological polar surface area (TPSA) is 80.9 Å². The molecule has 0 fully saturated rings. The number of nitrogens with one attached hydrogen (secondary N) is 1. The summed E-state index contributed by atoms with van der Waals surface area (Å²) in [7, 11) is 0. The van der Waals surface area contributed by atoms with E-state index in [4.69, 9.17) is 5.73 Å². The largest absolute Gasteiger partial charge is 0.374 e. The summed E-state index contributed by atoms with van der Waals surface area (Å²) in [6.07, 6.45) is 0.211. The van der Waals surface area contributed by atoms with Gasteiger partial charge in [0.1, 0.15) is 0 Å². The van der Waals surface area contributed by atoms with Crippen molar-refractivity contribution in [2.45, 2.75) is 10.8 Å². The first-order chi connectivity index (χ1) is 9.54. The molecule has 0 aliphatic rings. The Morgan fingerprint density at radius 2 is 2.15 bits per heavy atom. The molecule has 106 valence electrons. The predicted octanol–water partition coefficient (Wildman–Crippen LogP) is 2.52. The summed E-state index contributed by atoms with van der Waals surface area (Å²) in [5.41, 5.74) is 5.65. The number of hydrogen-bond donors (Lipinski definition) is 2. The Bertz CT molecular complexity index is 620. The Kier molecular flexibility index (Phi) is 4.85. The minimum Gasteiger partial charge on any atom is -0.374 e. The number of nitrogens with two attached hydrogens (primary N) is 1. The van der Waals surface area contributed by atoms with Crippen LogP contribution < -0.4 is 11.1 Å². The lowest BCUT2D eigenvalue weighted by molar-refractivity contribution is -0.115. The van der Waals surface area contributed by atoms with E-state index in [0.717, 1.165) is 12.1 Å². The van der Waals surface area contributed by atoms with E-state index in [0.29, 0.717) is 15.2 Å². The van der Waals surface area contributed by atoms with Crippen molar-refractivity contribution in [2.24, 2.45) is 0 Å². The molecular weight excluding hydrogens is 306 g/mol. The smallest absolute Gasteiger partial charge is 0.225 e. The second kappa shape index (κ2) is 6.62. The number of benzene rings is 1. The molecule has 0 atom stereocenters. The van der Waals surface area contributed by atoms with Crippen LogP contribution in [0.5, 0.6) is 0 Å². The molecule has 0 bridgehead atoms. The molecular formula is C11H10F2N4OS2. The van der Waals surface area contributed by atoms with Crippen LogP contribution in [0, 0.1) is 11.6 Å². The zero-order valence-electron chi connectivity index (χ0n) is 10.1. The average molecular weight is 316 g/mol. The number of carbonyl (C=O) groups excluding carboxylic acids is 1. The van der Waals surface area contributed by atoms with E-state index in [1.807, 2.05) is 0 Å². The van der Waals surface area contributed by atoms with E-state index in [9.17, 15) is 13.6 Å². The van der Waals surface area contributed by atoms with Crippen LogP contribution in [0.2, 0.25) is 0 Å². The first-order valence-corrected chi connectivity index (χ1v) is 7.31. The molecule has 1 amide bonds. The Balaban J connectivity index is 1.79. The molecule has 0 saturated heterocycles. The lowest BCUT2D eigenvalue weighted by atomic mass is 10.3. The molecule has 0 saturated carbocycles. The van der Waals surface area contributed by atoms with Gasteiger partial charge >= 0.3 is 0 Å². The molecule has 0 aliphatic carbocycles. The molecule has 3 N–H and O–H groups in total. The van der Waals surface area contributed by atoms with Gasteiger partial charge in [0.2, 0.25) is 11.0 Å². The Morgan fingerprint density at radius 3 is 2.80 bits per heavy atom. The summed E-state index contributed by atoms with van der Waals surface area (Å²) < 4.78 is 26.3. The van der Waals surface area contributed by atoms with Gasteiger partial charge < -0.3 is 11.1 Å². The van der Waals surface area contributed by atoms with Gasteiger partial charge in [0.05, 0.1) is 0 Å². The van der Waals surface area contributed by atoms with Gasteiger partial charge in [-0.1, -0.05) is 23.1 Å². The highest BCUT2D eigenvalue weighted by Crippen LogP contribution is 2.24. The Morgan fingerprint density at radius 1 is 1.35 bits per heavy atom. The van der Waals surface area contributed by atoms with E-state index < -0.39 is 11.6 Å². The zero-order valence-corrected chi connectivity index (χ0v) is 11.7. The van der Waals surface area contributed by atoms with Crippen LogP contribution in [0.25, 0.3) is 0 Å². The second-order valence-corrected chi connectivity index (χ2v) is 6.03. The van der Waals surface area contributed by atoms with Gasteiger partial charge in [0.25, 0.3) is 0 Å². The van der Waals surface area contributed by atoms with Crippen molar-refractivity contribution in [3.63, 3.8) is 0 Å². The van der Waals surface area contributed by atoms with Gasteiger partial charge in [0, 0.05) is 23.9 Å². The fraction of sp³-hybridized carbons (Fsp3) is 0.182. The molecule has 5 nitrogen and oxygen atoms in total. The van der Waals surface area contributed by atoms with Crippen LogP contribution in [0.1, 0.15) is 6.42 Å². The summed E-state index contributed by atoms with van der Waals surface area (Å²) in [6.45, 7) is 0. The van der Waals surface area contributed by atoms with Crippen LogP contribution in [0.4, 0.5) is 19.6 Å². The van der Waals surface area contributed by atoms with Crippen LogP contribution >= 0.6 is 23.1 Å². The maximum atomic E-state index is 12.9. The summed E-state index contributed by atoms with van der Waals surface area (Å²) in [6, 6.07) is 3.20. The van der Waals surface area contributed by atoms with Crippen molar-refractivity contribution in [3.05, 3.63) is 29.8 Å². The highest BCUT2D eigenvalue weighted by Gasteiger charge is 2.07. The van der Waals surface area contributed by atoms with Gasteiger partial charge in [-0.15, -0.1) is 10.2 Å². The van der Waals surface area contributed by atoms with Gasteiger partial charge in [0.15, 0.2) is 16.0 Å². The number of halogens is 2. The summed E-state index contributed by atoms with van der Waals surface area (Å²) in [5, 5.41) is 10.3. The predicted molar refractivity (Wildman–Crippen MR) is 74.7 cm³/mol. The third-order valence-electron chi connectivity index (χ3n) is 2.18. The summed E-state index contributed by atoms with van der Waals surface area (Å²) >= 11 is 2.60. The number of rotatable bonds is 5. The van der Waals surface area contributed by atoms with Crippen LogP contribution in [0.3, 0.4) is 0 Å². The van der Waals surface area contributed by atoms with Crippen LogP contribution in [0.15, 0.2) is 22.5 Å². The molecule has 0 radical (unpaired) electrons. The minimum atomic E-state index is -0.999. The molecule has 0 aliphatic heterocycles. The SMILES string of the molecule is Nc1nnc(SCCC(=O)Nc2ccc(F)c(F)c2)s1. The summed E-state index contributed by atoms with van der Waals surface area (Å²) in [5.74, 6) is -1.75. The van der Waals surface area contributed by atoms with Crippen LogP contribution in [-0.2, 0) is 4.79 Å². The number of nitrogen functional groups attached to an aromatic ring is 1. The van der Waals surface area contributed by atoms with Gasteiger partial charge in [-0.2, -0.15) is 0 Å². The molecule has 1 aromatic carbocycles. The lowest BCUT2D eigenvalue weighted by Gasteiger charge is -2.04. The first-order valence-electron chi connectivity index (χ1n) is 5.51. The van der Waals surface area contributed by atoms with Crippen molar-refractivity contribution < 1.29 is 13.6 Å². The van der Waals surface area contributed by atoms with E-state index in [-0.39, 0.29) is 18.0 Å². The molecule has 1 aromatic heterocycles. The normalized spacial score (nSPS) is 10.5. The van der Waals surface area contributed by atoms with Gasteiger partial charge in [-0.3, -0.25) is 4.79 Å². The fourth-order valence-corrected chi connectivity index (χ4v) is 2.95. The molecule has 0 unspecified atom stereocenters. The molecule has 9 heteroatoms. The lowest BCUT2D eigenvalue weighted by Crippen LogP contribution is -2.12. The number of carbonyl (C=O) groups is 1. The van der Waals surface area contributed by atoms with Gasteiger partial charge in [-0.05, 0) is 12.1 Å². The monoisotopic (exact) mass is 316 g/mol. The van der Waals surface area contributed by atoms with E-state index in [1.165, 1.54) is 29.2 Å². The average Bonchev–Trinajstić information content (AvgIpc) is 2.80. The van der Waals surface area contributed by atoms with Crippen LogP contribution in [-0.4, -0.2) is 21.9 Å². The highest BCUT2D eigenvalue weighted by atomic mass is 32.2. The molecule has 1 heterocycles. The number of aromatic nitrogens is 2. The molecule has 0 spiro atoms. The van der Waals surface area contributed by atoms with Crippen molar-refractivity contribution in [1.29, 1.82) is 0 Å². The Hall–Kier alpha value is -1.74. The standard InChI is InChI=1S/C11H10F2N4OS2/c12-7-2-1-6(5-8(7)13)15-9(18)3-4-19-11-17-16-10(14)20-11/h1-2,5H,3-4H2,(H2,14,16)(H,15,18). The molecule has 2 rings (SSSR count). The van der Waals surface area contributed by atoms with Gasteiger partial charge in [-0.25, -0.2) is 8.78 Å². The minimum absolute atomic E-state index is 0.211. The maximum absolute atomic E-state index is 12.9. The third kappa shape index (κ3) is 4.14. The van der Waals surface area contributed by atoms with Crippen molar-refractivity contribution in [3.8, 4) is 0 Å². The fourth-order valence-electron chi connectivity index (χ4n) is 1.31. The first kappa shape index (κ1) is 14.7. The third-order valence-corrected chi connectivity index (χ3v) is 4.07. The number of thioether (sulfide) groups is 1.